The number of likely N-dealkylation sites (tertiary alicyclic amines) is 1. The number of carboxylic acids is 1. The minimum absolute atomic E-state index is 0.0312. The number of fused-ring (bicyclic) bond motifs is 3. The molecule has 1 saturated heterocycles. The van der Waals surface area contributed by atoms with E-state index in [4.69, 9.17) is 9.84 Å². The molecule has 2 amide bonds. The van der Waals surface area contributed by atoms with Crippen LogP contribution in [-0.4, -0.2) is 59.6 Å². The number of rotatable bonds is 8. The lowest BCUT2D eigenvalue weighted by molar-refractivity contribution is -0.142. The summed E-state index contributed by atoms with van der Waals surface area (Å²) in [6.07, 6.45) is -2.90. The average molecular weight is 487 g/mol. The van der Waals surface area contributed by atoms with Crippen LogP contribution in [0.3, 0.4) is 0 Å². The standard InChI is InChI=1S/C26H28F2N2O5/c27-25(28)22(14-23(31)30-12-6-5-7-16(30)13-24(32)33)29-26(34)35-15-21-19-10-3-1-8-17(19)18-9-2-4-11-20(18)21/h1-4,8-11,16,21-22,25H,5-7,12-15H2,(H,29,34)(H,32,33)/t16-,22?/m0/s1. The minimum atomic E-state index is -2.98. The summed E-state index contributed by atoms with van der Waals surface area (Å²) in [5, 5.41) is 11.2. The summed E-state index contributed by atoms with van der Waals surface area (Å²) in [4.78, 5) is 37.6. The lowest BCUT2D eigenvalue weighted by atomic mass is 9.98. The van der Waals surface area contributed by atoms with Crippen LogP contribution in [0.25, 0.3) is 11.1 Å². The number of alkyl carbamates (subject to hydrolysis) is 1. The SMILES string of the molecule is O=C(O)C[C@@H]1CCCCN1C(=O)CC(NC(=O)OCC1c2ccccc2-c2ccccc21)C(F)F. The van der Waals surface area contributed by atoms with E-state index < -0.39 is 42.9 Å². The fourth-order valence-electron chi connectivity index (χ4n) is 5.04. The first-order chi connectivity index (χ1) is 16.8. The molecule has 0 aromatic heterocycles. The Morgan fingerprint density at radius 3 is 2.26 bits per heavy atom. The van der Waals surface area contributed by atoms with Crippen LogP contribution in [0.1, 0.15) is 49.1 Å². The molecule has 2 N–H and O–H groups in total. The summed E-state index contributed by atoms with van der Waals surface area (Å²) >= 11 is 0. The molecule has 0 radical (unpaired) electrons. The van der Waals surface area contributed by atoms with Crippen LogP contribution < -0.4 is 5.32 Å². The number of carbonyl (C=O) groups is 3. The zero-order valence-electron chi connectivity index (χ0n) is 19.2. The van der Waals surface area contributed by atoms with Crippen molar-refractivity contribution >= 4 is 18.0 Å². The number of piperidine rings is 1. The van der Waals surface area contributed by atoms with Gasteiger partial charge >= 0.3 is 12.1 Å². The third-order valence-electron chi connectivity index (χ3n) is 6.70. The number of halogens is 2. The molecule has 1 fully saturated rings. The first-order valence-electron chi connectivity index (χ1n) is 11.8. The minimum Gasteiger partial charge on any atom is -0.481 e. The fourth-order valence-corrected chi connectivity index (χ4v) is 5.04. The number of nitrogens with zero attached hydrogens (tertiary/aromatic N) is 1. The van der Waals surface area contributed by atoms with Gasteiger partial charge < -0.3 is 20.1 Å². The Balaban J connectivity index is 1.37. The van der Waals surface area contributed by atoms with Crippen molar-refractivity contribution in [3.05, 3.63) is 59.7 Å². The molecule has 1 aliphatic heterocycles. The normalized spacial score (nSPS) is 18.0. The van der Waals surface area contributed by atoms with Crippen molar-refractivity contribution in [1.82, 2.24) is 10.2 Å². The first-order valence-corrected chi connectivity index (χ1v) is 11.8. The molecule has 4 rings (SSSR count). The van der Waals surface area contributed by atoms with E-state index >= 15 is 0 Å². The molecule has 2 aromatic carbocycles. The van der Waals surface area contributed by atoms with Crippen molar-refractivity contribution in [2.75, 3.05) is 13.2 Å². The Kier molecular flexibility index (Phi) is 7.63. The molecular weight excluding hydrogens is 458 g/mol. The summed E-state index contributed by atoms with van der Waals surface area (Å²) in [5.41, 5.74) is 4.09. The number of hydrogen-bond acceptors (Lipinski definition) is 4. The van der Waals surface area contributed by atoms with Crippen molar-refractivity contribution in [3.63, 3.8) is 0 Å². The molecule has 186 valence electrons. The summed E-state index contributed by atoms with van der Waals surface area (Å²) in [6, 6.07) is 13.3. The summed E-state index contributed by atoms with van der Waals surface area (Å²) in [6.45, 7) is 0.286. The summed E-state index contributed by atoms with van der Waals surface area (Å²) in [7, 11) is 0. The molecule has 1 heterocycles. The summed E-state index contributed by atoms with van der Waals surface area (Å²) < 4.78 is 32.7. The van der Waals surface area contributed by atoms with Crippen LogP contribution in [0, 0.1) is 0 Å². The van der Waals surface area contributed by atoms with Gasteiger partial charge in [0.15, 0.2) is 0 Å². The smallest absolute Gasteiger partial charge is 0.407 e. The van der Waals surface area contributed by atoms with E-state index in [9.17, 15) is 23.2 Å². The Morgan fingerprint density at radius 1 is 1.03 bits per heavy atom. The number of alkyl halides is 2. The number of amides is 2. The highest BCUT2D eigenvalue weighted by Crippen LogP contribution is 2.44. The molecule has 2 atom stereocenters. The van der Waals surface area contributed by atoms with Crippen LogP contribution in [0.4, 0.5) is 13.6 Å². The zero-order valence-corrected chi connectivity index (χ0v) is 19.2. The molecule has 7 nitrogen and oxygen atoms in total. The molecular formula is C26H28F2N2O5. The number of carboxylic acid groups (broad SMARTS) is 1. The second kappa shape index (κ2) is 10.8. The van der Waals surface area contributed by atoms with Crippen LogP contribution in [0.5, 0.6) is 0 Å². The fraction of sp³-hybridized carbons (Fsp3) is 0.423. The Bertz CT molecular complexity index is 1050. The lowest BCUT2D eigenvalue weighted by Crippen LogP contribution is -2.49. The number of ether oxygens (including phenoxy) is 1. The average Bonchev–Trinajstić information content (AvgIpc) is 3.16. The van der Waals surface area contributed by atoms with E-state index in [1.54, 1.807) is 0 Å². The highest BCUT2D eigenvalue weighted by atomic mass is 19.3. The van der Waals surface area contributed by atoms with Crippen LogP contribution in [0.2, 0.25) is 0 Å². The van der Waals surface area contributed by atoms with Gasteiger partial charge in [-0.2, -0.15) is 0 Å². The topological polar surface area (TPSA) is 95.9 Å². The zero-order chi connectivity index (χ0) is 24.9. The quantitative estimate of drug-likeness (QED) is 0.577. The van der Waals surface area contributed by atoms with Crippen molar-refractivity contribution in [2.45, 2.75) is 56.5 Å². The third-order valence-corrected chi connectivity index (χ3v) is 6.70. The monoisotopic (exact) mass is 486 g/mol. The maximum atomic E-state index is 13.7. The van der Waals surface area contributed by atoms with Gasteiger partial charge in [-0.1, -0.05) is 48.5 Å². The summed E-state index contributed by atoms with van der Waals surface area (Å²) in [5.74, 6) is -1.86. The van der Waals surface area contributed by atoms with Gasteiger partial charge in [0.2, 0.25) is 5.91 Å². The van der Waals surface area contributed by atoms with Gasteiger partial charge in [0.05, 0.1) is 12.8 Å². The Hall–Kier alpha value is -3.49. The third kappa shape index (κ3) is 5.61. The number of carbonyl (C=O) groups excluding carboxylic acids is 2. The highest BCUT2D eigenvalue weighted by molar-refractivity contribution is 5.80. The molecule has 35 heavy (non-hydrogen) atoms. The van der Waals surface area contributed by atoms with Crippen molar-refractivity contribution in [1.29, 1.82) is 0 Å². The van der Waals surface area contributed by atoms with E-state index in [0.29, 0.717) is 19.4 Å². The van der Waals surface area contributed by atoms with E-state index in [-0.39, 0.29) is 18.9 Å². The van der Waals surface area contributed by atoms with Gasteiger partial charge in [0.25, 0.3) is 6.43 Å². The molecule has 0 saturated carbocycles. The first kappa shape index (κ1) is 24.6. The van der Waals surface area contributed by atoms with Gasteiger partial charge in [-0.05, 0) is 41.5 Å². The molecule has 2 aliphatic rings. The largest absolute Gasteiger partial charge is 0.481 e. The Morgan fingerprint density at radius 2 is 1.66 bits per heavy atom. The highest BCUT2D eigenvalue weighted by Gasteiger charge is 2.34. The number of benzene rings is 2. The van der Waals surface area contributed by atoms with Gasteiger partial charge in [-0.25, -0.2) is 13.6 Å². The van der Waals surface area contributed by atoms with Gasteiger partial charge in [-0.15, -0.1) is 0 Å². The van der Waals surface area contributed by atoms with E-state index in [0.717, 1.165) is 28.7 Å². The predicted octanol–water partition coefficient (Wildman–Crippen LogP) is 4.40. The second-order valence-corrected chi connectivity index (χ2v) is 8.95. The van der Waals surface area contributed by atoms with Crippen LogP contribution >= 0.6 is 0 Å². The molecule has 2 aromatic rings. The van der Waals surface area contributed by atoms with E-state index in [1.807, 2.05) is 48.5 Å². The van der Waals surface area contributed by atoms with Crippen molar-refractivity contribution < 1.29 is 33.0 Å². The number of nitrogens with one attached hydrogen (secondary N) is 1. The second-order valence-electron chi connectivity index (χ2n) is 8.95. The van der Waals surface area contributed by atoms with E-state index in [1.165, 1.54) is 4.90 Å². The molecule has 1 aliphatic carbocycles. The van der Waals surface area contributed by atoms with Gasteiger partial charge in [-0.3, -0.25) is 9.59 Å². The van der Waals surface area contributed by atoms with E-state index in [2.05, 4.69) is 5.32 Å². The molecule has 0 bridgehead atoms. The van der Waals surface area contributed by atoms with Crippen LogP contribution in [0.15, 0.2) is 48.5 Å². The lowest BCUT2D eigenvalue weighted by Gasteiger charge is -2.35. The van der Waals surface area contributed by atoms with Crippen molar-refractivity contribution in [2.24, 2.45) is 0 Å². The van der Waals surface area contributed by atoms with Gasteiger partial charge in [0, 0.05) is 18.5 Å². The van der Waals surface area contributed by atoms with Gasteiger partial charge in [0.1, 0.15) is 12.6 Å². The van der Waals surface area contributed by atoms with Crippen molar-refractivity contribution in [3.8, 4) is 11.1 Å². The maximum absolute atomic E-state index is 13.7. The predicted molar refractivity (Wildman–Crippen MR) is 124 cm³/mol. The Labute approximate surface area is 202 Å². The number of hydrogen-bond donors (Lipinski definition) is 2. The number of aliphatic carboxylic acids is 1. The maximum Gasteiger partial charge on any atom is 0.407 e. The molecule has 1 unspecified atom stereocenters. The van der Waals surface area contributed by atoms with Crippen LogP contribution in [-0.2, 0) is 14.3 Å². The molecule has 9 heteroatoms. The molecule has 0 spiro atoms.